The summed E-state index contributed by atoms with van der Waals surface area (Å²) in [5.41, 5.74) is -0.525. The smallest absolute Gasteiger partial charge is 0.407 e. The molecule has 0 saturated heterocycles. The van der Waals surface area contributed by atoms with Crippen LogP contribution in [0.25, 0.3) is 0 Å². The highest BCUT2D eigenvalue weighted by atomic mass is 32.1. The highest BCUT2D eigenvalue weighted by Gasteiger charge is 2.41. The largest absolute Gasteiger partial charge is 0.444 e. The molecule has 2 heterocycles. The first-order valence-corrected chi connectivity index (χ1v) is 7.23. The number of fused-ring (bicyclic) bond motifs is 1. The molecule has 0 radical (unpaired) electrons. The number of nitrogens with one attached hydrogen (secondary N) is 2. The van der Waals surface area contributed by atoms with Crippen LogP contribution in [-0.4, -0.2) is 24.8 Å². The third kappa shape index (κ3) is 3.46. The Morgan fingerprint density at radius 1 is 1.60 bits per heavy atom. The average Bonchev–Trinajstić information content (AvgIpc) is 2.76. The van der Waals surface area contributed by atoms with Gasteiger partial charge in [-0.3, -0.25) is 0 Å². The third-order valence-electron chi connectivity index (χ3n) is 2.83. The van der Waals surface area contributed by atoms with Crippen molar-refractivity contribution in [3.63, 3.8) is 0 Å². The van der Waals surface area contributed by atoms with Crippen molar-refractivity contribution in [2.24, 2.45) is 0 Å². The monoisotopic (exact) mass is 304 g/mol. The second-order valence-corrected chi connectivity index (χ2v) is 6.67. The summed E-state index contributed by atoms with van der Waals surface area (Å²) in [5.74, 6) is -2.85. The molecular formula is C13H18F2N2O2S. The van der Waals surface area contributed by atoms with Crippen molar-refractivity contribution in [3.8, 4) is 0 Å². The molecule has 0 aromatic carbocycles. The van der Waals surface area contributed by atoms with E-state index in [0.717, 1.165) is 0 Å². The number of thiophene rings is 1. The minimum Gasteiger partial charge on any atom is -0.444 e. The summed E-state index contributed by atoms with van der Waals surface area (Å²) in [4.78, 5) is 12.1. The minimum atomic E-state index is -2.85. The Kier molecular flexibility index (Phi) is 4.02. The van der Waals surface area contributed by atoms with E-state index in [0.29, 0.717) is 4.88 Å². The van der Waals surface area contributed by atoms with Gasteiger partial charge in [0.1, 0.15) is 5.60 Å². The van der Waals surface area contributed by atoms with Crippen molar-refractivity contribution < 1.29 is 18.3 Å². The van der Waals surface area contributed by atoms with Gasteiger partial charge >= 0.3 is 6.09 Å². The van der Waals surface area contributed by atoms with Gasteiger partial charge in [0.25, 0.3) is 5.92 Å². The molecule has 20 heavy (non-hydrogen) atoms. The molecule has 1 atom stereocenters. The summed E-state index contributed by atoms with van der Waals surface area (Å²) in [6.07, 6.45) is -0.547. The van der Waals surface area contributed by atoms with Crippen molar-refractivity contribution in [1.82, 2.24) is 10.6 Å². The first-order chi connectivity index (χ1) is 9.19. The van der Waals surface area contributed by atoms with E-state index in [-0.39, 0.29) is 18.2 Å². The van der Waals surface area contributed by atoms with E-state index in [4.69, 9.17) is 4.74 Å². The number of hydrogen-bond acceptors (Lipinski definition) is 4. The lowest BCUT2D eigenvalue weighted by Crippen LogP contribution is -2.44. The first-order valence-electron chi connectivity index (χ1n) is 6.35. The van der Waals surface area contributed by atoms with Gasteiger partial charge in [0, 0.05) is 17.0 Å². The molecule has 1 unspecified atom stereocenters. The van der Waals surface area contributed by atoms with Crippen molar-refractivity contribution >= 4 is 17.4 Å². The molecule has 1 amide bonds. The molecule has 1 aromatic rings. The van der Waals surface area contributed by atoms with Gasteiger partial charge in [-0.05, 0) is 32.2 Å². The predicted octanol–water partition coefficient (Wildman–Crippen LogP) is 3.01. The van der Waals surface area contributed by atoms with E-state index in [1.807, 2.05) is 0 Å². The number of hydrogen-bond donors (Lipinski definition) is 2. The fourth-order valence-corrected chi connectivity index (χ4v) is 3.02. The lowest BCUT2D eigenvalue weighted by Gasteiger charge is -2.30. The Hall–Kier alpha value is -1.21. The van der Waals surface area contributed by atoms with E-state index in [1.54, 1.807) is 26.2 Å². The van der Waals surface area contributed by atoms with E-state index in [2.05, 4.69) is 10.6 Å². The van der Waals surface area contributed by atoms with Crippen LogP contribution in [0.3, 0.4) is 0 Å². The highest BCUT2D eigenvalue weighted by molar-refractivity contribution is 7.10. The number of alkyl halides is 2. The fraction of sp³-hybridized carbons (Fsp3) is 0.615. The van der Waals surface area contributed by atoms with Crippen molar-refractivity contribution in [1.29, 1.82) is 0 Å². The molecule has 1 aliphatic heterocycles. The van der Waals surface area contributed by atoms with E-state index in [1.165, 1.54) is 17.4 Å². The molecule has 0 fully saturated rings. The van der Waals surface area contributed by atoms with Crippen LogP contribution in [0, 0.1) is 0 Å². The summed E-state index contributed by atoms with van der Waals surface area (Å²) in [6.45, 7) is 5.10. The normalized spacial score (nSPS) is 21.1. The van der Waals surface area contributed by atoms with E-state index < -0.39 is 24.2 Å². The van der Waals surface area contributed by atoms with Gasteiger partial charge < -0.3 is 15.4 Å². The molecular weight excluding hydrogens is 286 g/mol. The third-order valence-corrected chi connectivity index (χ3v) is 3.86. The SMILES string of the molecule is CC(C)(C)OC(=O)NCC1NCC(F)(F)c2ccsc21. The number of ether oxygens (including phenoxy) is 1. The number of amides is 1. The summed E-state index contributed by atoms with van der Waals surface area (Å²) < 4.78 is 32.4. The van der Waals surface area contributed by atoms with Crippen LogP contribution in [0.1, 0.15) is 37.3 Å². The zero-order valence-corrected chi connectivity index (χ0v) is 12.4. The fourth-order valence-electron chi connectivity index (χ4n) is 2.00. The number of alkyl carbamates (subject to hydrolysis) is 1. The van der Waals surface area contributed by atoms with Gasteiger partial charge in [0.05, 0.1) is 12.6 Å². The molecule has 2 rings (SSSR count). The van der Waals surface area contributed by atoms with Crippen LogP contribution in [0.2, 0.25) is 0 Å². The zero-order valence-electron chi connectivity index (χ0n) is 11.6. The topological polar surface area (TPSA) is 50.4 Å². The van der Waals surface area contributed by atoms with E-state index in [9.17, 15) is 13.6 Å². The maximum Gasteiger partial charge on any atom is 0.407 e. The molecule has 1 aliphatic rings. The Bertz CT molecular complexity index is 497. The summed E-state index contributed by atoms with van der Waals surface area (Å²) in [6, 6.07) is 1.14. The maximum absolute atomic E-state index is 13.7. The molecule has 0 bridgehead atoms. The average molecular weight is 304 g/mol. The molecule has 2 N–H and O–H groups in total. The van der Waals surface area contributed by atoms with Crippen LogP contribution >= 0.6 is 11.3 Å². The number of halogens is 2. The van der Waals surface area contributed by atoms with Gasteiger partial charge in [-0.15, -0.1) is 11.3 Å². The van der Waals surface area contributed by atoms with Crippen LogP contribution in [0.4, 0.5) is 13.6 Å². The highest BCUT2D eigenvalue weighted by Crippen LogP contribution is 2.39. The molecule has 1 aromatic heterocycles. The number of carbonyl (C=O) groups excluding carboxylic acids is 1. The van der Waals surface area contributed by atoms with Crippen LogP contribution < -0.4 is 10.6 Å². The molecule has 0 saturated carbocycles. The van der Waals surface area contributed by atoms with Gasteiger partial charge in [0.2, 0.25) is 0 Å². The van der Waals surface area contributed by atoms with Crippen LogP contribution in [-0.2, 0) is 10.7 Å². The van der Waals surface area contributed by atoms with Crippen molar-refractivity contribution in [3.05, 3.63) is 21.9 Å². The summed E-state index contributed by atoms with van der Waals surface area (Å²) in [7, 11) is 0. The standard InChI is InChI=1S/C13H18F2N2O2S/c1-12(2,3)19-11(18)16-6-9-10-8(4-5-20-10)13(14,15)7-17-9/h4-5,9,17H,6-7H2,1-3H3,(H,16,18). The Morgan fingerprint density at radius 2 is 2.30 bits per heavy atom. The molecule has 112 valence electrons. The molecule has 0 aliphatic carbocycles. The Labute approximate surface area is 120 Å². The Morgan fingerprint density at radius 3 is 2.95 bits per heavy atom. The van der Waals surface area contributed by atoms with Gasteiger partial charge in [0.15, 0.2) is 0 Å². The predicted molar refractivity (Wildman–Crippen MR) is 73.2 cm³/mol. The summed E-state index contributed by atoms with van der Waals surface area (Å²) >= 11 is 1.27. The zero-order chi connectivity index (χ0) is 15.0. The lowest BCUT2D eigenvalue weighted by molar-refractivity contribution is -0.0141. The lowest BCUT2D eigenvalue weighted by atomic mass is 10.0. The molecule has 4 nitrogen and oxygen atoms in total. The van der Waals surface area contributed by atoms with Gasteiger partial charge in [-0.1, -0.05) is 0 Å². The Balaban J connectivity index is 1.98. The van der Waals surface area contributed by atoms with Gasteiger partial charge in [-0.25, -0.2) is 4.79 Å². The van der Waals surface area contributed by atoms with Crippen molar-refractivity contribution in [2.75, 3.05) is 13.1 Å². The number of rotatable bonds is 2. The second-order valence-electron chi connectivity index (χ2n) is 5.72. The quantitative estimate of drug-likeness (QED) is 0.883. The molecule has 7 heteroatoms. The van der Waals surface area contributed by atoms with Crippen molar-refractivity contribution in [2.45, 2.75) is 38.3 Å². The summed E-state index contributed by atoms with van der Waals surface area (Å²) in [5, 5.41) is 7.01. The first kappa shape index (κ1) is 15.2. The van der Waals surface area contributed by atoms with Gasteiger partial charge in [-0.2, -0.15) is 8.78 Å². The maximum atomic E-state index is 13.7. The van der Waals surface area contributed by atoms with Crippen LogP contribution in [0.15, 0.2) is 11.4 Å². The van der Waals surface area contributed by atoms with Crippen LogP contribution in [0.5, 0.6) is 0 Å². The number of carbonyl (C=O) groups is 1. The molecule has 0 spiro atoms. The second kappa shape index (κ2) is 5.29. The van der Waals surface area contributed by atoms with E-state index >= 15 is 0 Å². The minimum absolute atomic E-state index is 0.0530.